The zero-order chi connectivity index (χ0) is 19.8. The number of hydrogen-bond acceptors (Lipinski definition) is 6. The molecule has 0 atom stereocenters. The molecule has 0 radical (unpaired) electrons. The predicted molar refractivity (Wildman–Crippen MR) is 113 cm³/mol. The molecule has 2 aliphatic heterocycles. The van der Waals surface area contributed by atoms with Crippen molar-refractivity contribution in [2.24, 2.45) is 4.99 Å². The van der Waals surface area contributed by atoms with Crippen LogP contribution in [0.4, 0.5) is 9.93 Å². The topological polar surface area (TPSA) is 73.3 Å². The van der Waals surface area contributed by atoms with Gasteiger partial charge in [-0.1, -0.05) is 0 Å². The van der Waals surface area contributed by atoms with Crippen molar-refractivity contribution in [3.8, 4) is 0 Å². The lowest BCUT2D eigenvalue weighted by molar-refractivity contribution is 0.0914. The number of carbonyl (C=O) groups excluding carboxylic acids is 1. The minimum atomic E-state index is -0.221. The minimum absolute atomic E-state index is 0.221. The van der Waals surface area contributed by atoms with E-state index < -0.39 is 0 Å². The highest BCUT2D eigenvalue weighted by Gasteiger charge is 2.23. The molecule has 0 spiro atoms. The third-order valence-electron chi connectivity index (χ3n) is 4.99. The highest BCUT2D eigenvalue weighted by molar-refractivity contribution is 7.13. The van der Waals surface area contributed by atoms with Crippen LogP contribution in [0.15, 0.2) is 10.4 Å². The van der Waals surface area contributed by atoms with Gasteiger partial charge in [-0.25, -0.2) is 9.78 Å². The molecule has 0 aliphatic carbocycles. The average molecular weight is 409 g/mol. The van der Waals surface area contributed by atoms with Crippen molar-refractivity contribution in [2.75, 3.05) is 63.9 Å². The van der Waals surface area contributed by atoms with Crippen molar-refractivity contribution >= 4 is 28.5 Å². The van der Waals surface area contributed by atoms with Gasteiger partial charge in [0.05, 0.1) is 12.3 Å². The molecule has 0 bridgehead atoms. The van der Waals surface area contributed by atoms with E-state index in [4.69, 9.17) is 14.7 Å². The molecule has 2 saturated heterocycles. The van der Waals surface area contributed by atoms with E-state index in [0.29, 0.717) is 26.2 Å². The molecule has 1 amide bonds. The van der Waals surface area contributed by atoms with Gasteiger partial charge in [-0.2, -0.15) is 0 Å². The highest BCUT2D eigenvalue weighted by Crippen LogP contribution is 2.24. The van der Waals surface area contributed by atoms with Crippen LogP contribution in [0.5, 0.6) is 0 Å². The molecule has 3 rings (SSSR count). The summed E-state index contributed by atoms with van der Waals surface area (Å²) >= 11 is 1.74. The van der Waals surface area contributed by atoms with Gasteiger partial charge in [-0.3, -0.25) is 4.99 Å². The van der Waals surface area contributed by atoms with Crippen LogP contribution in [-0.4, -0.2) is 85.8 Å². The number of amides is 1. The largest absolute Gasteiger partial charge is 0.450 e. The molecule has 2 aliphatic rings. The number of aromatic nitrogens is 1. The molecule has 0 unspecified atom stereocenters. The van der Waals surface area contributed by atoms with E-state index in [9.17, 15) is 4.79 Å². The van der Waals surface area contributed by atoms with Crippen LogP contribution >= 0.6 is 11.3 Å². The van der Waals surface area contributed by atoms with Crippen molar-refractivity contribution in [3.63, 3.8) is 0 Å². The van der Waals surface area contributed by atoms with E-state index in [1.807, 2.05) is 6.92 Å². The lowest BCUT2D eigenvalue weighted by Crippen LogP contribution is -2.54. The number of anilines is 1. The van der Waals surface area contributed by atoms with E-state index in [0.717, 1.165) is 55.9 Å². The normalized spacial score (nSPS) is 17.9. The Balaban J connectivity index is 1.49. The molecule has 8 nitrogen and oxygen atoms in total. The molecule has 0 saturated carbocycles. The van der Waals surface area contributed by atoms with Crippen LogP contribution in [-0.2, 0) is 11.2 Å². The third-order valence-corrected chi connectivity index (χ3v) is 5.94. The van der Waals surface area contributed by atoms with Gasteiger partial charge in [0, 0.05) is 64.2 Å². The predicted octanol–water partition coefficient (Wildman–Crippen LogP) is 2.03. The maximum absolute atomic E-state index is 11.9. The SMILES string of the molecule is CCNC(=NCCc1csc(N2CCCC2)n1)N1CCN(C(=O)OCC)CC1. The zero-order valence-electron chi connectivity index (χ0n) is 17.0. The molecule has 156 valence electrons. The highest BCUT2D eigenvalue weighted by atomic mass is 32.1. The van der Waals surface area contributed by atoms with Gasteiger partial charge in [0.2, 0.25) is 0 Å². The van der Waals surface area contributed by atoms with Crippen LogP contribution < -0.4 is 10.2 Å². The van der Waals surface area contributed by atoms with Crippen LogP contribution in [0, 0.1) is 0 Å². The Bertz CT molecular complexity index is 651. The van der Waals surface area contributed by atoms with Crippen LogP contribution in [0.2, 0.25) is 0 Å². The molecule has 1 N–H and O–H groups in total. The average Bonchev–Trinajstić information content (AvgIpc) is 3.39. The molecule has 28 heavy (non-hydrogen) atoms. The summed E-state index contributed by atoms with van der Waals surface area (Å²) < 4.78 is 5.09. The fourth-order valence-electron chi connectivity index (χ4n) is 3.48. The monoisotopic (exact) mass is 408 g/mol. The maximum atomic E-state index is 11.9. The standard InChI is InChI=1S/C19H32N6O2S/c1-3-20-17(23-11-13-25(14-12-23)19(26)27-4-2)21-8-7-16-15-28-18(22-16)24-9-5-6-10-24/h15H,3-14H2,1-2H3,(H,20,21). The van der Waals surface area contributed by atoms with Crippen molar-refractivity contribution in [1.82, 2.24) is 20.1 Å². The van der Waals surface area contributed by atoms with Crippen LogP contribution in [0.3, 0.4) is 0 Å². The second kappa shape index (κ2) is 10.5. The number of rotatable bonds is 6. The zero-order valence-corrected chi connectivity index (χ0v) is 17.8. The van der Waals surface area contributed by atoms with E-state index in [-0.39, 0.29) is 6.09 Å². The number of hydrogen-bond donors (Lipinski definition) is 1. The maximum Gasteiger partial charge on any atom is 0.409 e. The number of nitrogens with zero attached hydrogens (tertiary/aromatic N) is 5. The van der Waals surface area contributed by atoms with Crippen LogP contribution in [0.25, 0.3) is 0 Å². The van der Waals surface area contributed by atoms with E-state index in [1.165, 1.54) is 12.8 Å². The number of carbonyl (C=O) groups is 1. The molecule has 0 aromatic carbocycles. The molecular weight excluding hydrogens is 376 g/mol. The first-order valence-electron chi connectivity index (χ1n) is 10.4. The fourth-order valence-corrected chi connectivity index (χ4v) is 4.40. The first-order valence-corrected chi connectivity index (χ1v) is 11.2. The summed E-state index contributed by atoms with van der Waals surface area (Å²) in [5, 5.41) is 6.69. The van der Waals surface area contributed by atoms with E-state index in [1.54, 1.807) is 16.2 Å². The molecule has 1 aromatic rings. The Morgan fingerprint density at radius 3 is 2.57 bits per heavy atom. The van der Waals surface area contributed by atoms with Crippen LogP contribution in [0.1, 0.15) is 32.4 Å². The summed E-state index contributed by atoms with van der Waals surface area (Å²) in [6.07, 6.45) is 3.17. The van der Waals surface area contributed by atoms with E-state index in [2.05, 4.69) is 27.4 Å². The van der Waals surface area contributed by atoms with Crippen molar-refractivity contribution < 1.29 is 9.53 Å². The van der Waals surface area contributed by atoms with Gasteiger partial charge in [-0.05, 0) is 26.7 Å². The minimum Gasteiger partial charge on any atom is -0.450 e. The fraction of sp³-hybridized carbons (Fsp3) is 0.737. The molecule has 9 heteroatoms. The molecule has 3 heterocycles. The van der Waals surface area contributed by atoms with Crippen molar-refractivity contribution in [3.05, 3.63) is 11.1 Å². The second-order valence-corrected chi connectivity index (χ2v) is 7.81. The van der Waals surface area contributed by atoms with Gasteiger partial charge >= 0.3 is 6.09 Å². The van der Waals surface area contributed by atoms with Crippen molar-refractivity contribution in [2.45, 2.75) is 33.1 Å². The van der Waals surface area contributed by atoms with Gasteiger partial charge in [0.1, 0.15) is 0 Å². The van der Waals surface area contributed by atoms with E-state index >= 15 is 0 Å². The van der Waals surface area contributed by atoms with Gasteiger partial charge in [-0.15, -0.1) is 11.3 Å². The quantitative estimate of drug-likeness (QED) is 0.574. The summed E-state index contributed by atoms with van der Waals surface area (Å²) in [5.41, 5.74) is 1.12. The Kier molecular flexibility index (Phi) is 7.76. The Morgan fingerprint density at radius 2 is 1.89 bits per heavy atom. The molecular formula is C19H32N6O2S. The molecule has 1 aromatic heterocycles. The number of piperazine rings is 1. The summed E-state index contributed by atoms with van der Waals surface area (Å²) in [6, 6.07) is 0. The second-order valence-electron chi connectivity index (χ2n) is 6.97. The Morgan fingerprint density at radius 1 is 1.18 bits per heavy atom. The Hall–Kier alpha value is -2.03. The van der Waals surface area contributed by atoms with Crippen molar-refractivity contribution in [1.29, 1.82) is 0 Å². The first-order chi connectivity index (χ1) is 13.7. The first kappa shape index (κ1) is 20.7. The lowest BCUT2D eigenvalue weighted by atomic mass is 10.3. The lowest BCUT2D eigenvalue weighted by Gasteiger charge is -2.35. The van der Waals surface area contributed by atoms with Gasteiger partial charge in [0.25, 0.3) is 0 Å². The number of ether oxygens (including phenoxy) is 1. The number of aliphatic imine (C=N–C) groups is 1. The smallest absolute Gasteiger partial charge is 0.409 e. The van der Waals surface area contributed by atoms with Gasteiger partial charge in [0.15, 0.2) is 11.1 Å². The number of guanidine groups is 1. The van der Waals surface area contributed by atoms with Gasteiger partial charge < -0.3 is 24.8 Å². The summed E-state index contributed by atoms with van der Waals surface area (Å²) in [7, 11) is 0. The Labute approximate surface area is 171 Å². The summed E-state index contributed by atoms with van der Waals surface area (Å²) in [4.78, 5) is 27.8. The third kappa shape index (κ3) is 5.50. The number of nitrogens with one attached hydrogen (secondary N) is 1. The number of thiazole rings is 1. The molecule has 2 fully saturated rings. The summed E-state index contributed by atoms with van der Waals surface area (Å²) in [5.74, 6) is 0.918. The summed E-state index contributed by atoms with van der Waals surface area (Å²) in [6.45, 7) is 11.0.